The highest BCUT2D eigenvalue weighted by atomic mass is 16.5. The number of aryl methyl sites for hydroxylation is 1. The number of benzene rings is 2. The zero-order chi connectivity index (χ0) is 13.0. The van der Waals surface area contributed by atoms with E-state index >= 15 is 0 Å². The second kappa shape index (κ2) is 5.69. The molecule has 2 aromatic rings. The highest BCUT2D eigenvalue weighted by Gasteiger charge is 2.04. The number of hydrogen-bond donors (Lipinski definition) is 1. The van der Waals surface area contributed by atoms with Crippen LogP contribution in [0.5, 0.6) is 11.5 Å². The highest BCUT2D eigenvalue weighted by Crippen LogP contribution is 2.25. The molecule has 2 aromatic carbocycles. The third-order valence-electron chi connectivity index (χ3n) is 3.07. The summed E-state index contributed by atoms with van der Waals surface area (Å²) in [4.78, 5) is 0. The molecule has 2 rings (SSSR count). The topological polar surface area (TPSA) is 35.2 Å². The first kappa shape index (κ1) is 12.7. The first-order chi connectivity index (χ1) is 8.70. The Morgan fingerprint density at radius 1 is 1.06 bits per heavy atom. The molecule has 0 saturated heterocycles. The van der Waals surface area contributed by atoms with Crippen molar-refractivity contribution in [3.8, 4) is 11.5 Å². The molecule has 0 fully saturated rings. The Hall–Kier alpha value is -1.80. The van der Waals surface area contributed by atoms with Crippen molar-refractivity contribution in [1.82, 2.24) is 0 Å². The minimum absolute atomic E-state index is 0.109. The van der Waals surface area contributed by atoms with E-state index in [1.54, 1.807) is 0 Å². The number of para-hydroxylation sites is 1. The van der Waals surface area contributed by atoms with Gasteiger partial charge in [0.05, 0.1) is 0 Å². The largest absolute Gasteiger partial charge is 0.457 e. The van der Waals surface area contributed by atoms with Crippen molar-refractivity contribution in [2.75, 3.05) is 0 Å². The van der Waals surface area contributed by atoms with Crippen LogP contribution in [0.15, 0.2) is 48.5 Å². The summed E-state index contributed by atoms with van der Waals surface area (Å²) in [5, 5.41) is 0. The summed E-state index contributed by atoms with van der Waals surface area (Å²) in [6.45, 7) is 4.12. The van der Waals surface area contributed by atoms with E-state index in [1.165, 1.54) is 0 Å². The molecule has 0 aliphatic carbocycles. The molecule has 0 heterocycles. The molecule has 0 aliphatic heterocycles. The predicted molar refractivity (Wildman–Crippen MR) is 74.9 cm³/mol. The van der Waals surface area contributed by atoms with Crippen LogP contribution in [0.25, 0.3) is 0 Å². The van der Waals surface area contributed by atoms with Gasteiger partial charge in [-0.2, -0.15) is 0 Å². The molecule has 18 heavy (non-hydrogen) atoms. The maximum atomic E-state index is 5.98. The summed E-state index contributed by atoms with van der Waals surface area (Å²) in [7, 11) is 0. The number of nitrogens with two attached hydrogens (primary N) is 1. The van der Waals surface area contributed by atoms with Gasteiger partial charge < -0.3 is 10.5 Å². The first-order valence-corrected chi connectivity index (χ1v) is 6.29. The van der Waals surface area contributed by atoms with Crippen LogP contribution in [-0.2, 0) is 0 Å². The van der Waals surface area contributed by atoms with E-state index in [1.807, 2.05) is 55.5 Å². The number of ether oxygens (including phenoxy) is 1. The summed E-state index contributed by atoms with van der Waals surface area (Å²) >= 11 is 0. The van der Waals surface area contributed by atoms with E-state index in [0.717, 1.165) is 29.0 Å². The summed E-state index contributed by atoms with van der Waals surface area (Å²) in [5.74, 6) is 1.74. The third kappa shape index (κ3) is 2.90. The van der Waals surface area contributed by atoms with Crippen LogP contribution in [0, 0.1) is 6.92 Å². The van der Waals surface area contributed by atoms with Crippen molar-refractivity contribution in [2.24, 2.45) is 5.73 Å². The molecule has 0 bridgehead atoms. The fourth-order valence-corrected chi connectivity index (χ4v) is 1.82. The predicted octanol–water partition coefficient (Wildman–Crippen LogP) is 4.20. The maximum absolute atomic E-state index is 5.98. The number of rotatable bonds is 4. The molecular formula is C16H19NO. The van der Waals surface area contributed by atoms with Crippen molar-refractivity contribution in [2.45, 2.75) is 26.3 Å². The Balaban J connectivity index is 2.14. The van der Waals surface area contributed by atoms with Gasteiger partial charge in [-0.1, -0.05) is 37.3 Å². The zero-order valence-corrected chi connectivity index (χ0v) is 10.9. The van der Waals surface area contributed by atoms with Crippen LogP contribution >= 0.6 is 0 Å². The monoisotopic (exact) mass is 241 g/mol. The summed E-state index contributed by atoms with van der Waals surface area (Å²) in [5.41, 5.74) is 8.26. The molecular weight excluding hydrogens is 222 g/mol. The molecule has 94 valence electrons. The van der Waals surface area contributed by atoms with Gasteiger partial charge in [0.2, 0.25) is 0 Å². The van der Waals surface area contributed by atoms with Crippen LogP contribution in [0.2, 0.25) is 0 Å². The molecule has 0 spiro atoms. The quantitative estimate of drug-likeness (QED) is 0.870. The minimum Gasteiger partial charge on any atom is -0.457 e. The Bertz CT molecular complexity index is 505. The molecule has 0 aliphatic rings. The van der Waals surface area contributed by atoms with Gasteiger partial charge in [-0.25, -0.2) is 0 Å². The Kier molecular flexibility index (Phi) is 4.00. The fraction of sp³-hybridized carbons (Fsp3) is 0.250. The van der Waals surface area contributed by atoms with Gasteiger partial charge in [-0.05, 0) is 42.7 Å². The standard InChI is InChI=1S/C16H19NO/c1-3-15(17)13-8-10-14(11-9-13)18-16-7-5-4-6-12(16)2/h4-11,15H,3,17H2,1-2H3. The highest BCUT2D eigenvalue weighted by molar-refractivity contribution is 5.38. The molecule has 0 amide bonds. The van der Waals surface area contributed by atoms with Gasteiger partial charge >= 0.3 is 0 Å². The van der Waals surface area contributed by atoms with Crippen LogP contribution in [-0.4, -0.2) is 0 Å². The van der Waals surface area contributed by atoms with Gasteiger partial charge in [-0.3, -0.25) is 0 Å². The lowest BCUT2D eigenvalue weighted by atomic mass is 10.1. The van der Waals surface area contributed by atoms with Crippen molar-refractivity contribution in [3.05, 3.63) is 59.7 Å². The van der Waals surface area contributed by atoms with Crippen molar-refractivity contribution < 1.29 is 4.74 Å². The van der Waals surface area contributed by atoms with Gasteiger partial charge in [0.15, 0.2) is 0 Å². The van der Waals surface area contributed by atoms with Crippen LogP contribution in [0.1, 0.15) is 30.5 Å². The van der Waals surface area contributed by atoms with E-state index in [4.69, 9.17) is 10.5 Å². The van der Waals surface area contributed by atoms with E-state index in [9.17, 15) is 0 Å². The average Bonchev–Trinajstić information content (AvgIpc) is 2.41. The fourth-order valence-electron chi connectivity index (χ4n) is 1.82. The smallest absolute Gasteiger partial charge is 0.130 e. The molecule has 2 N–H and O–H groups in total. The van der Waals surface area contributed by atoms with Crippen LogP contribution in [0.3, 0.4) is 0 Å². The normalized spacial score (nSPS) is 12.2. The minimum atomic E-state index is 0.109. The maximum Gasteiger partial charge on any atom is 0.130 e. The summed E-state index contributed by atoms with van der Waals surface area (Å²) < 4.78 is 5.84. The van der Waals surface area contributed by atoms with Gasteiger partial charge in [0, 0.05) is 6.04 Å². The van der Waals surface area contributed by atoms with E-state index < -0.39 is 0 Å². The molecule has 2 heteroatoms. The van der Waals surface area contributed by atoms with E-state index in [2.05, 4.69) is 6.92 Å². The van der Waals surface area contributed by atoms with Gasteiger partial charge in [0.1, 0.15) is 11.5 Å². The lowest BCUT2D eigenvalue weighted by Crippen LogP contribution is -2.08. The molecule has 0 radical (unpaired) electrons. The number of hydrogen-bond acceptors (Lipinski definition) is 2. The van der Waals surface area contributed by atoms with Crippen LogP contribution in [0.4, 0.5) is 0 Å². The van der Waals surface area contributed by atoms with E-state index in [-0.39, 0.29) is 6.04 Å². The van der Waals surface area contributed by atoms with Crippen molar-refractivity contribution in [3.63, 3.8) is 0 Å². The summed E-state index contributed by atoms with van der Waals surface area (Å²) in [6.07, 6.45) is 0.942. The second-order valence-corrected chi connectivity index (χ2v) is 4.45. The van der Waals surface area contributed by atoms with E-state index in [0.29, 0.717) is 0 Å². The third-order valence-corrected chi connectivity index (χ3v) is 3.07. The molecule has 0 aromatic heterocycles. The molecule has 2 nitrogen and oxygen atoms in total. The molecule has 0 saturated carbocycles. The SMILES string of the molecule is CCC(N)c1ccc(Oc2ccccc2C)cc1. The Morgan fingerprint density at radius 3 is 2.33 bits per heavy atom. The summed E-state index contributed by atoms with van der Waals surface area (Å²) in [6, 6.07) is 16.1. The molecule has 1 unspecified atom stereocenters. The lowest BCUT2D eigenvalue weighted by Gasteiger charge is -2.11. The average molecular weight is 241 g/mol. The van der Waals surface area contributed by atoms with Crippen molar-refractivity contribution >= 4 is 0 Å². The zero-order valence-electron chi connectivity index (χ0n) is 10.9. The Morgan fingerprint density at radius 2 is 1.72 bits per heavy atom. The lowest BCUT2D eigenvalue weighted by molar-refractivity contribution is 0.478. The van der Waals surface area contributed by atoms with Gasteiger partial charge in [0.25, 0.3) is 0 Å². The van der Waals surface area contributed by atoms with Crippen molar-refractivity contribution in [1.29, 1.82) is 0 Å². The second-order valence-electron chi connectivity index (χ2n) is 4.45. The van der Waals surface area contributed by atoms with Gasteiger partial charge in [-0.15, -0.1) is 0 Å². The Labute approximate surface area is 108 Å². The molecule has 1 atom stereocenters. The first-order valence-electron chi connectivity index (χ1n) is 6.29. The van der Waals surface area contributed by atoms with Crippen LogP contribution < -0.4 is 10.5 Å².